The van der Waals surface area contributed by atoms with E-state index in [2.05, 4.69) is 15.8 Å². The number of hydrogen-bond acceptors (Lipinski definition) is 4. The molecule has 0 saturated carbocycles. The lowest BCUT2D eigenvalue weighted by Crippen LogP contribution is -2.04. The van der Waals surface area contributed by atoms with E-state index in [4.69, 9.17) is 5.41 Å². The normalized spacial score (nSPS) is 9.65. The minimum Gasteiger partial charge on any atom is -0.316 e. The van der Waals surface area contributed by atoms with Gasteiger partial charge in [0.15, 0.2) is 0 Å². The Morgan fingerprint density at radius 1 is 1.29 bits per heavy atom. The molecule has 0 bridgehead atoms. The van der Waals surface area contributed by atoms with Crippen molar-refractivity contribution in [3.63, 3.8) is 0 Å². The molecule has 0 aliphatic rings. The van der Waals surface area contributed by atoms with Crippen molar-refractivity contribution in [1.29, 1.82) is 5.41 Å². The van der Waals surface area contributed by atoms with E-state index < -0.39 is 0 Å². The summed E-state index contributed by atoms with van der Waals surface area (Å²) in [5, 5.41) is 14.1. The summed E-state index contributed by atoms with van der Waals surface area (Å²) >= 11 is 0. The molecule has 1 aromatic rings. The van der Waals surface area contributed by atoms with Crippen molar-refractivity contribution in [2.45, 2.75) is 27.3 Å². The number of anilines is 1. The predicted octanol–water partition coefficient (Wildman–Crippen LogP) is 2.87. The van der Waals surface area contributed by atoms with Gasteiger partial charge in [-0.15, -0.1) is 0 Å². The molecule has 0 saturated heterocycles. The molecule has 1 aromatic carbocycles. The lowest BCUT2D eigenvalue weighted by atomic mass is 10.2. The Bertz CT molecular complexity index is 341. The fraction of sp³-hybridized carbons (Fsp3) is 0.385. The van der Waals surface area contributed by atoms with Gasteiger partial charge in [-0.05, 0) is 31.7 Å². The molecule has 0 aliphatic heterocycles. The van der Waals surface area contributed by atoms with Crippen LogP contribution in [0.2, 0.25) is 0 Å². The summed E-state index contributed by atoms with van der Waals surface area (Å²) in [6, 6.07) is 7.99. The quantitative estimate of drug-likeness (QED) is 0.542. The zero-order valence-electron chi connectivity index (χ0n) is 11.0. The Balaban J connectivity index is 0.00000121. The number of rotatable bonds is 5. The molecule has 0 spiro atoms. The molecule has 0 amide bonds. The van der Waals surface area contributed by atoms with E-state index >= 15 is 0 Å². The maximum absolute atomic E-state index is 7.15. The molecule has 1 rings (SSSR count). The van der Waals surface area contributed by atoms with Crippen molar-refractivity contribution in [2.24, 2.45) is 5.10 Å². The first-order valence-electron chi connectivity index (χ1n) is 5.80. The Labute approximate surface area is 104 Å². The van der Waals surface area contributed by atoms with Gasteiger partial charge in [-0.3, -0.25) is 5.43 Å². The smallest absolute Gasteiger partial charge is 0.0677 e. The lowest BCUT2D eigenvalue weighted by molar-refractivity contribution is 0.818. The number of nitrogens with zero attached hydrogens (tertiary/aromatic N) is 1. The first-order chi connectivity index (χ1) is 8.22. The van der Waals surface area contributed by atoms with Crippen molar-refractivity contribution in [1.82, 2.24) is 5.32 Å². The van der Waals surface area contributed by atoms with E-state index in [0.717, 1.165) is 12.2 Å². The molecule has 0 aliphatic carbocycles. The van der Waals surface area contributed by atoms with E-state index in [1.54, 1.807) is 6.92 Å². The summed E-state index contributed by atoms with van der Waals surface area (Å²) in [4.78, 5) is 0. The zero-order valence-corrected chi connectivity index (χ0v) is 11.0. The van der Waals surface area contributed by atoms with Crippen LogP contribution in [0, 0.1) is 5.41 Å². The minimum atomic E-state index is 0.425. The molecule has 0 fully saturated rings. The largest absolute Gasteiger partial charge is 0.316 e. The van der Waals surface area contributed by atoms with Gasteiger partial charge in [-0.1, -0.05) is 26.0 Å². The molecule has 0 atom stereocenters. The summed E-state index contributed by atoms with van der Waals surface area (Å²) in [6.07, 6.45) is 1.47. The monoisotopic (exact) mass is 234 g/mol. The maximum Gasteiger partial charge on any atom is 0.0677 e. The Hall–Kier alpha value is -1.68. The van der Waals surface area contributed by atoms with Crippen LogP contribution in [0.3, 0.4) is 0 Å². The highest BCUT2D eigenvalue weighted by atomic mass is 15.3. The van der Waals surface area contributed by atoms with Gasteiger partial charge >= 0.3 is 0 Å². The summed E-state index contributed by atoms with van der Waals surface area (Å²) in [5.74, 6) is 0. The van der Waals surface area contributed by atoms with Crippen LogP contribution in [0.25, 0.3) is 0 Å². The SMILES string of the molecule is CC.CNCc1ccc(N/N=C\C(C)=N)cc1. The molecular weight excluding hydrogens is 212 g/mol. The fourth-order valence-corrected chi connectivity index (χ4v) is 1.10. The predicted molar refractivity (Wildman–Crippen MR) is 76.1 cm³/mol. The van der Waals surface area contributed by atoms with Crippen molar-refractivity contribution >= 4 is 17.6 Å². The van der Waals surface area contributed by atoms with Crippen LogP contribution in [0.4, 0.5) is 5.69 Å². The highest BCUT2D eigenvalue weighted by Crippen LogP contribution is 2.08. The van der Waals surface area contributed by atoms with Gasteiger partial charge < -0.3 is 10.7 Å². The fourth-order valence-electron chi connectivity index (χ4n) is 1.10. The molecule has 4 nitrogen and oxygen atoms in total. The van der Waals surface area contributed by atoms with Crippen LogP contribution in [0.5, 0.6) is 0 Å². The molecule has 4 heteroatoms. The zero-order chi connectivity index (χ0) is 13.1. The number of hydrazone groups is 1. The number of nitrogens with one attached hydrogen (secondary N) is 3. The average molecular weight is 234 g/mol. The summed E-state index contributed by atoms with van der Waals surface area (Å²) < 4.78 is 0. The first-order valence-corrected chi connectivity index (χ1v) is 5.80. The highest BCUT2D eigenvalue weighted by Gasteiger charge is 1.91. The van der Waals surface area contributed by atoms with Gasteiger partial charge in [0.25, 0.3) is 0 Å². The van der Waals surface area contributed by atoms with E-state index in [1.165, 1.54) is 11.8 Å². The molecule has 0 aromatic heterocycles. The van der Waals surface area contributed by atoms with Crippen LogP contribution < -0.4 is 10.7 Å². The second kappa shape index (κ2) is 9.54. The minimum absolute atomic E-state index is 0.425. The summed E-state index contributed by atoms with van der Waals surface area (Å²) in [7, 11) is 1.92. The molecule has 94 valence electrons. The van der Waals surface area contributed by atoms with Gasteiger partial charge in [0, 0.05) is 12.3 Å². The second-order valence-electron chi connectivity index (χ2n) is 3.28. The van der Waals surface area contributed by atoms with Crippen molar-refractivity contribution in [2.75, 3.05) is 12.5 Å². The molecule has 17 heavy (non-hydrogen) atoms. The lowest BCUT2D eigenvalue weighted by Gasteiger charge is -2.02. The van der Waals surface area contributed by atoms with Crippen LogP contribution >= 0.6 is 0 Å². The van der Waals surface area contributed by atoms with Crippen molar-refractivity contribution in [3.05, 3.63) is 29.8 Å². The Kier molecular flexibility index (Phi) is 8.60. The molecular formula is C13H22N4. The number of hydrogen-bond donors (Lipinski definition) is 3. The van der Waals surface area contributed by atoms with Gasteiger partial charge in [0.1, 0.15) is 0 Å². The third kappa shape index (κ3) is 7.25. The van der Waals surface area contributed by atoms with Crippen LogP contribution in [-0.4, -0.2) is 19.0 Å². The van der Waals surface area contributed by atoms with Gasteiger partial charge in [-0.25, -0.2) is 0 Å². The van der Waals surface area contributed by atoms with Gasteiger partial charge in [-0.2, -0.15) is 5.10 Å². The van der Waals surface area contributed by atoms with Crippen molar-refractivity contribution < 1.29 is 0 Å². The van der Waals surface area contributed by atoms with E-state index in [1.807, 2.05) is 45.2 Å². The van der Waals surface area contributed by atoms with Crippen LogP contribution in [0.1, 0.15) is 26.3 Å². The summed E-state index contributed by atoms with van der Waals surface area (Å²) in [6.45, 7) is 6.55. The summed E-state index contributed by atoms with van der Waals surface area (Å²) in [5.41, 5.74) is 5.43. The van der Waals surface area contributed by atoms with Crippen molar-refractivity contribution in [3.8, 4) is 0 Å². The average Bonchev–Trinajstić information content (AvgIpc) is 2.34. The maximum atomic E-state index is 7.15. The standard InChI is InChI=1S/C11H16N4.C2H6/c1-9(12)7-14-15-11-5-3-10(4-6-11)8-13-2;1-2/h3-7,12-13,15H,8H2,1-2H3;1-2H3/b12-9?,14-7-;. The molecule has 3 N–H and O–H groups in total. The van der Waals surface area contributed by atoms with Crippen LogP contribution in [0.15, 0.2) is 29.4 Å². The van der Waals surface area contributed by atoms with Crippen LogP contribution in [-0.2, 0) is 6.54 Å². The van der Waals surface area contributed by atoms with E-state index in [-0.39, 0.29) is 0 Å². The molecule has 0 heterocycles. The van der Waals surface area contributed by atoms with Gasteiger partial charge in [0.2, 0.25) is 0 Å². The second-order valence-corrected chi connectivity index (χ2v) is 3.28. The van der Waals surface area contributed by atoms with E-state index in [0.29, 0.717) is 5.71 Å². The number of benzene rings is 1. The molecule has 0 radical (unpaired) electrons. The third-order valence-electron chi connectivity index (χ3n) is 1.79. The van der Waals surface area contributed by atoms with E-state index in [9.17, 15) is 0 Å². The highest BCUT2D eigenvalue weighted by molar-refractivity contribution is 6.27. The Morgan fingerprint density at radius 3 is 2.35 bits per heavy atom. The third-order valence-corrected chi connectivity index (χ3v) is 1.79. The molecule has 0 unspecified atom stereocenters. The van der Waals surface area contributed by atoms with Gasteiger partial charge in [0.05, 0.1) is 11.9 Å². The Morgan fingerprint density at radius 2 is 1.88 bits per heavy atom. The first kappa shape index (κ1) is 15.3. The topological polar surface area (TPSA) is 60.3 Å².